The van der Waals surface area contributed by atoms with Gasteiger partial charge in [0.2, 0.25) is 17.7 Å². The van der Waals surface area contributed by atoms with Gasteiger partial charge in [0.25, 0.3) is 0 Å². The molecule has 0 aromatic heterocycles. The number of fused-ring (bicyclic) bond motifs is 1. The van der Waals surface area contributed by atoms with E-state index in [1.807, 2.05) is 124 Å². The minimum atomic E-state index is -1.44. The smallest absolute Gasteiger partial charge is 0.408 e. The van der Waals surface area contributed by atoms with Gasteiger partial charge in [0, 0.05) is 13.5 Å². The van der Waals surface area contributed by atoms with E-state index in [4.69, 9.17) is 4.74 Å². The lowest BCUT2D eigenvalue weighted by Crippen LogP contribution is -2.66. The van der Waals surface area contributed by atoms with Crippen molar-refractivity contribution in [1.82, 2.24) is 20.9 Å². The summed E-state index contributed by atoms with van der Waals surface area (Å²) >= 11 is 0. The van der Waals surface area contributed by atoms with E-state index in [0.29, 0.717) is 6.42 Å². The van der Waals surface area contributed by atoms with Crippen LogP contribution in [0.25, 0.3) is 10.8 Å². The van der Waals surface area contributed by atoms with Gasteiger partial charge in [-0.25, -0.2) is 4.79 Å². The second kappa shape index (κ2) is 16.5. The molecule has 0 saturated carbocycles. The Bertz CT molecular complexity index is 1770. The molecule has 9 heteroatoms. The number of rotatable bonds is 14. The number of amides is 4. The van der Waals surface area contributed by atoms with Crippen LogP contribution in [0, 0.1) is 5.92 Å². The third kappa shape index (κ3) is 9.71. The van der Waals surface area contributed by atoms with Crippen LogP contribution in [0.1, 0.15) is 70.7 Å². The molecule has 9 nitrogen and oxygen atoms in total. The number of carbonyl (C=O) groups excluding carboxylic acids is 4. The molecule has 4 aromatic rings. The van der Waals surface area contributed by atoms with E-state index in [1.54, 1.807) is 32.7 Å². The normalized spacial score (nSPS) is 13.8. The van der Waals surface area contributed by atoms with Crippen LogP contribution in [0.15, 0.2) is 103 Å². The maximum absolute atomic E-state index is 14.5. The first-order valence-corrected chi connectivity index (χ1v) is 17.1. The molecule has 50 heavy (non-hydrogen) atoms. The van der Waals surface area contributed by atoms with E-state index in [0.717, 1.165) is 27.5 Å². The van der Waals surface area contributed by atoms with Crippen molar-refractivity contribution in [3.8, 4) is 0 Å². The Labute approximate surface area is 295 Å². The molecular formula is C41H50N4O5. The van der Waals surface area contributed by atoms with E-state index in [-0.39, 0.29) is 30.9 Å². The Kier molecular flexibility index (Phi) is 12.4. The number of ether oxygens (including phenoxy) is 1. The monoisotopic (exact) mass is 678 g/mol. The highest BCUT2D eigenvalue weighted by atomic mass is 16.5. The number of benzene rings is 4. The van der Waals surface area contributed by atoms with Gasteiger partial charge in [0.15, 0.2) is 0 Å². The van der Waals surface area contributed by atoms with Gasteiger partial charge in [-0.2, -0.15) is 0 Å². The predicted molar refractivity (Wildman–Crippen MR) is 197 cm³/mol. The van der Waals surface area contributed by atoms with Crippen LogP contribution in [0.5, 0.6) is 0 Å². The minimum absolute atomic E-state index is 0.0537. The quantitative estimate of drug-likeness (QED) is 0.137. The number of nitrogens with one attached hydrogen (secondary N) is 3. The molecule has 0 radical (unpaired) electrons. The van der Waals surface area contributed by atoms with Crippen molar-refractivity contribution in [3.05, 3.63) is 120 Å². The SMILES string of the molecule is CC(C)C[C@H](NC(=O)OCc1ccccc1)C(=O)NC(C)(C)C(=O)N[C@](C)(Cc1ccccc1)C(=O)N(C)[C@H](C)c1cccc2ccccc12. The van der Waals surface area contributed by atoms with Gasteiger partial charge >= 0.3 is 6.09 Å². The Morgan fingerprint density at radius 3 is 1.96 bits per heavy atom. The summed E-state index contributed by atoms with van der Waals surface area (Å²) in [7, 11) is 1.75. The van der Waals surface area contributed by atoms with Crippen molar-refractivity contribution >= 4 is 34.6 Å². The topological polar surface area (TPSA) is 117 Å². The first-order chi connectivity index (χ1) is 23.7. The van der Waals surface area contributed by atoms with E-state index in [1.165, 1.54) is 0 Å². The third-order valence-electron chi connectivity index (χ3n) is 8.97. The summed E-state index contributed by atoms with van der Waals surface area (Å²) in [4.78, 5) is 56.5. The molecule has 3 atom stereocenters. The zero-order valence-electron chi connectivity index (χ0n) is 30.2. The van der Waals surface area contributed by atoms with Crippen LogP contribution < -0.4 is 16.0 Å². The molecule has 0 aliphatic rings. The van der Waals surface area contributed by atoms with Crippen molar-refractivity contribution in [2.24, 2.45) is 5.92 Å². The van der Waals surface area contributed by atoms with E-state index >= 15 is 0 Å². The van der Waals surface area contributed by atoms with Crippen LogP contribution in [0.4, 0.5) is 4.79 Å². The molecule has 3 N–H and O–H groups in total. The fourth-order valence-electron chi connectivity index (χ4n) is 6.03. The molecule has 4 aromatic carbocycles. The van der Waals surface area contributed by atoms with Crippen molar-refractivity contribution < 1.29 is 23.9 Å². The molecule has 264 valence electrons. The van der Waals surface area contributed by atoms with Crippen LogP contribution in [0.2, 0.25) is 0 Å². The summed E-state index contributed by atoms with van der Waals surface area (Å²) in [6.45, 7) is 10.8. The number of hydrogen-bond donors (Lipinski definition) is 3. The highest BCUT2D eigenvalue weighted by molar-refractivity contribution is 5.98. The number of alkyl carbamates (subject to hydrolysis) is 1. The van der Waals surface area contributed by atoms with Gasteiger partial charge in [0.05, 0.1) is 6.04 Å². The van der Waals surface area contributed by atoms with Crippen molar-refractivity contribution in [2.45, 2.75) is 84.2 Å². The first kappa shape index (κ1) is 37.6. The number of carbonyl (C=O) groups is 4. The molecule has 0 saturated heterocycles. The number of likely N-dealkylation sites (N-methyl/N-ethyl adjacent to an activating group) is 1. The fraction of sp³-hybridized carbons (Fsp3) is 0.366. The highest BCUT2D eigenvalue weighted by Gasteiger charge is 2.43. The Balaban J connectivity index is 1.52. The lowest BCUT2D eigenvalue weighted by Gasteiger charge is -2.39. The molecule has 0 heterocycles. The van der Waals surface area contributed by atoms with E-state index in [2.05, 4.69) is 16.0 Å². The van der Waals surface area contributed by atoms with Crippen LogP contribution in [0.3, 0.4) is 0 Å². The molecule has 0 bridgehead atoms. The van der Waals surface area contributed by atoms with Gasteiger partial charge in [-0.1, -0.05) is 117 Å². The summed E-state index contributed by atoms with van der Waals surface area (Å²) in [6, 6.07) is 31.6. The zero-order chi connectivity index (χ0) is 36.5. The maximum Gasteiger partial charge on any atom is 0.408 e. The van der Waals surface area contributed by atoms with Crippen molar-refractivity contribution in [3.63, 3.8) is 0 Å². The van der Waals surface area contributed by atoms with Gasteiger partial charge < -0.3 is 25.6 Å². The van der Waals surface area contributed by atoms with Gasteiger partial charge in [-0.15, -0.1) is 0 Å². The summed E-state index contributed by atoms with van der Waals surface area (Å²) in [5.41, 5.74) is -0.140. The largest absolute Gasteiger partial charge is 0.445 e. The highest BCUT2D eigenvalue weighted by Crippen LogP contribution is 2.30. The van der Waals surface area contributed by atoms with Gasteiger partial charge in [-0.05, 0) is 67.5 Å². The lowest BCUT2D eigenvalue weighted by molar-refractivity contribution is -0.143. The van der Waals surface area contributed by atoms with E-state index in [9.17, 15) is 19.2 Å². The maximum atomic E-state index is 14.5. The van der Waals surface area contributed by atoms with Crippen molar-refractivity contribution in [2.75, 3.05) is 7.05 Å². The molecule has 4 amide bonds. The fourth-order valence-corrected chi connectivity index (χ4v) is 6.03. The van der Waals surface area contributed by atoms with Crippen LogP contribution in [-0.4, -0.2) is 52.9 Å². The predicted octanol–water partition coefficient (Wildman–Crippen LogP) is 6.71. The lowest BCUT2D eigenvalue weighted by atomic mass is 9.88. The molecule has 0 aliphatic carbocycles. The average molecular weight is 679 g/mol. The molecule has 4 rings (SSSR count). The Morgan fingerprint density at radius 1 is 0.740 bits per heavy atom. The third-order valence-corrected chi connectivity index (χ3v) is 8.97. The Hall–Kier alpha value is -5.18. The van der Waals surface area contributed by atoms with Gasteiger partial charge in [0.1, 0.15) is 23.7 Å². The summed E-state index contributed by atoms with van der Waals surface area (Å²) < 4.78 is 5.36. The van der Waals surface area contributed by atoms with Crippen molar-refractivity contribution in [1.29, 1.82) is 0 Å². The second-order valence-corrected chi connectivity index (χ2v) is 14.1. The summed E-state index contributed by atoms with van der Waals surface area (Å²) in [5, 5.41) is 10.6. The molecule has 0 spiro atoms. The molecule has 0 unspecified atom stereocenters. The van der Waals surface area contributed by atoms with Gasteiger partial charge in [-0.3, -0.25) is 14.4 Å². The second-order valence-electron chi connectivity index (χ2n) is 14.1. The minimum Gasteiger partial charge on any atom is -0.445 e. The zero-order valence-corrected chi connectivity index (χ0v) is 30.2. The summed E-state index contributed by atoms with van der Waals surface area (Å²) in [6.07, 6.45) is -0.188. The standard InChI is InChI=1S/C41H50N4O5/c1-28(2)25-35(42-39(49)50-27-31-19-12-9-13-20-31)36(46)43-40(4,5)37(47)44-41(6,26-30-17-10-8-11-18-30)38(48)45(7)29(3)33-24-16-22-32-21-14-15-23-34(32)33/h8-24,28-29,35H,25-27H2,1-7H3,(H,42,49)(H,43,46)(H,44,47)/t29-,35+,41-/m1/s1. The van der Waals surface area contributed by atoms with Crippen LogP contribution in [-0.2, 0) is 32.1 Å². The van der Waals surface area contributed by atoms with Crippen LogP contribution >= 0.6 is 0 Å². The molecular weight excluding hydrogens is 628 g/mol. The number of hydrogen-bond acceptors (Lipinski definition) is 5. The Morgan fingerprint density at radius 2 is 1.32 bits per heavy atom. The van der Waals surface area contributed by atoms with E-state index < -0.39 is 35.0 Å². The molecule has 0 fully saturated rings. The first-order valence-electron chi connectivity index (χ1n) is 17.1. The number of nitrogens with zero attached hydrogens (tertiary/aromatic N) is 1. The molecule has 0 aliphatic heterocycles. The average Bonchev–Trinajstić information content (AvgIpc) is 3.09. The summed E-state index contributed by atoms with van der Waals surface area (Å²) in [5.74, 6) is -1.30.